The van der Waals surface area contributed by atoms with Crippen LogP contribution in [0.3, 0.4) is 0 Å². The second kappa shape index (κ2) is 11.0. The van der Waals surface area contributed by atoms with E-state index in [9.17, 15) is 0 Å². The van der Waals surface area contributed by atoms with Crippen LogP contribution in [0.25, 0.3) is 0 Å². The van der Waals surface area contributed by atoms with Crippen molar-refractivity contribution in [1.29, 1.82) is 0 Å². The minimum absolute atomic E-state index is 0.0152. The van der Waals surface area contributed by atoms with Crippen LogP contribution in [-0.4, -0.2) is 36.7 Å². The number of hydrogen-bond acceptors (Lipinski definition) is 4. The van der Waals surface area contributed by atoms with Crippen molar-refractivity contribution in [3.05, 3.63) is 100 Å². The number of hydrogen-bond donors (Lipinski definition) is 1. The first-order chi connectivity index (χ1) is 17.9. The lowest BCUT2D eigenvalue weighted by atomic mass is 9.86. The average Bonchev–Trinajstić information content (AvgIpc) is 3.19. The van der Waals surface area contributed by atoms with E-state index in [0.29, 0.717) is 5.92 Å². The number of fused-ring (bicyclic) bond motifs is 1. The molecule has 2 aliphatic rings. The van der Waals surface area contributed by atoms with Crippen LogP contribution in [0.5, 0.6) is 5.75 Å². The molecule has 3 aromatic rings. The predicted octanol–water partition coefficient (Wildman–Crippen LogP) is 6.67. The molecule has 0 aromatic heterocycles. The fraction of sp³-hybridized carbons (Fsp3) is 0.455. The number of aryl methyl sites for hydroxylation is 2. The van der Waals surface area contributed by atoms with Gasteiger partial charge < -0.3 is 20.1 Å². The topological polar surface area (TPSA) is 47.7 Å². The van der Waals surface area contributed by atoms with Crippen LogP contribution >= 0.6 is 0 Å². The maximum absolute atomic E-state index is 6.79. The second-order valence-corrected chi connectivity index (χ2v) is 11.3. The Morgan fingerprint density at radius 2 is 1.54 bits per heavy atom. The molecule has 0 radical (unpaired) electrons. The maximum atomic E-state index is 6.79. The van der Waals surface area contributed by atoms with Crippen LogP contribution in [-0.2, 0) is 4.74 Å². The lowest BCUT2D eigenvalue weighted by molar-refractivity contribution is 0.0236. The molecule has 5 rings (SSSR count). The van der Waals surface area contributed by atoms with Crippen molar-refractivity contribution in [2.45, 2.75) is 64.7 Å². The highest BCUT2D eigenvalue weighted by Gasteiger charge is 2.44. The summed E-state index contributed by atoms with van der Waals surface area (Å²) in [5.41, 5.74) is 13.8. The summed E-state index contributed by atoms with van der Waals surface area (Å²) in [5, 5.41) is 0. The van der Waals surface area contributed by atoms with E-state index >= 15 is 0 Å². The summed E-state index contributed by atoms with van der Waals surface area (Å²) in [5.74, 6) is 1.61. The Labute approximate surface area is 222 Å². The van der Waals surface area contributed by atoms with Crippen LogP contribution < -0.4 is 10.5 Å². The largest absolute Gasteiger partial charge is 0.485 e. The lowest BCUT2D eigenvalue weighted by Crippen LogP contribution is -2.44. The van der Waals surface area contributed by atoms with Crippen LogP contribution in [0, 0.1) is 26.7 Å². The summed E-state index contributed by atoms with van der Waals surface area (Å²) < 4.78 is 13.2. The Kier molecular flexibility index (Phi) is 7.71. The first-order valence-corrected chi connectivity index (χ1v) is 13.8. The molecule has 3 aromatic carbocycles. The first-order valence-electron chi connectivity index (χ1n) is 13.8. The van der Waals surface area contributed by atoms with Gasteiger partial charge in [0.1, 0.15) is 17.5 Å². The van der Waals surface area contributed by atoms with E-state index in [1.807, 2.05) is 0 Å². The summed E-state index contributed by atoms with van der Waals surface area (Å²) in [6.45, 7) is 12.7. The maximum Gasteiger partial charge on any atom is 0.128 e. The number of benzene rings is 3. The molecule has 2 aliphatic heterocycles. The third kappa shape index (κ3) is 5.47. The fourth-order valence-electron chi connectivity index (χ4n) is 6.03. The monoisotopic (exact) mass is 498 g/mol. The van der Waals surface area contributed by atoms with E-state index < -0.39 is 0 Å². The van der Waals surface area contributed by atoms with Crippen LogP contribution in [0.4, 0.5) is 0 Å². The molecule has 0 spiro atoms. The molecular weight excluding hydrogens is 456 g/mol. The van der Waals surface area contributed by atoms with Gasteiger partial charge in [0.25, 0.3) is 0 Å². The number of likely N-dealkylation sites (tertiary alicyclic amines) is 1. The van der Waals surface area contributed by atoms with Gasteiger partial charge in [-0.2, -0.15) is 0 Å². The van der Waals surface area contributed by atoms with E-state index in [2.05, 4.69) is 99.3 Å². The van der Waals surface area contributed by atoms with E-state index in [-0.39, 0.29) is 17.7 Å². The molecular formula is C33H42N2O2. The third-order valence-electron chi connectivity index (χ3n) is 8.67. The number of piperidine rings is 1. The molecule has 0 saturated carbocycles. The van der Waals surface area contributed by atoms with E-state index in [4.69, 9.17) is 15.2 Å². The Balaban J connectivity index is 1.14. The molecule has 37 heavy (non-hydrogen) atoms. The van der Waals surface area contributed by atoms with Gasteiger partial charge in [-0.25, -0.2) is 0 Å². The first kappa shape index (κ1) is 26.0. The lowest BCUT2D eigenvalue weighted by Gasteiger charge is -2.36. The zero-order valence-electron chi connectivity index (χ0n) is 22.9. The summed E-state index contributed by atoms with van der Waals surface area (Å²) in [7, 11) is 0. The SMILES string of the molecule is Cc1cc(C)c2c(c1C)OC(C)(CCN1CCC(COC(c3ccccc3)c3ccccc3)CC1)C2N. The third-order valence-corrected chi connectivity index (χ3v) is 8.67. The van der Waals surface area contributed by atoms with Gasteiger partial charge in [-0.1, -0.05) is 66.7 Å². The molecule has 2 N–H and O–H groups in total. The highest BCUT2D eigenvalue weighted by molar-refractivity contribution is 5.54. The molecule has 0 aliphatic carbocycles. The van der Waals surface area contributed by atoms with Crippen molar-refractivity contribution in [3.8, 4) is 5.75 Å². The molecule has 1 fully saturated rings. The highest BCUT2D eigenvalue weighted by Crippen LogP contribution is 2.47. The number of nitrogens with two attached hydrogens (primary N) is 1. The summed E-state index contributed by atoms with van der Waals surface area (Å²) in [6.07, 6.45) is 3.25. The van der Waals surface area contributed by atoms with Crippen LogP contribution in [0.15, 0.2) is 66.7 Å². The minimum Gasteiger partial charge on any atom is -0.485 e. The number of nitrogens with zero attached hydrogens (tertiary/aromatic N) is 1. The minimum atomic E-state index is -0.357. The van der Waals surface area contributed by atoms with Crippen molar-refractivity contribution < 1.29 is 9.47 Å². The Hall–Kier alpha value is -2.66. The van der Waals surface area contributed by atoms with Gasteiger partial charge in [0.2, 0.25) is 0 Å². The molecule has 0 bridgehead atoms. The van der Waals surface area contributed by atoms with Crippen molar-refractivity contribution in [3.63, 3.8) is 0 Å². The normalized spacial score (nSPS) is 22.3. The van der Waals surface area contributed by atoms with Gasteiger partial charge in [0.15, 0.2) is 0 Å². The van der Waals surface area contributed by atoms with Gasteiger partial charge in [0.05, 0.1) is 12.6 Å². The van der Waals surface area contributed by atoms with Crippen molar-refractivity contribution in [1.82, 2.24) is 4.90 Å². The van der Waals surface area contributed by atoms with Gasteiger partial charge in [-0.3, -0.25) is 0 Å². The number of ether oxygens (including phenoxy) is 2. The smallest absolute Gasteiger partial charge is 0.128 e. The summed E-state index contributed by atoms with van der Waals surface area (Å²) in [4.78, 5) is 2.58. The van der Waals surface area contributed by atoms with Gasteiger partial charge >= 0.3 is 0 Å². The second-order valence-electron chi connectivity index (χ2n) is 11.3. The fourth-order valence-corrected chi connectivity index (χ4v) is 6.03. The Morgan fingerprint density at radius 1 is 0.946 bits per heavy atom. The molecule has 196 valence electrons. The van der Waals surface area contributed by atoms with Crippen molar-refractivity contribution >= 4 is 0 Å². The standard InChI is InChI=1S/C33H42N2O2/c1-23-21-24(2)29-30(25(23)3)37-33(4,32(29)34)17-20-35-18-15-26(16-19-35)22-36-31(27-11-7-5-8-12-27)28-13-9-6-10-14-28/h5-14,21,26,31-32H,15-20,22,34H2,1-4H3. The van der Waals surface area contributed by atoms with Gasteiger partial charge in [0, 0.05) is 18.5 Å². The Bertz CT molecular complexity index is 1150. The van der Waals surface area contributed by atoms with Crippen molar-refractivity contribution in [2.75, 3.05) is 26.2 Å². The van der Waals surface area contributed by atoms with E-state index in [1.54, 1.807) is 0 Å². The number of rotatable bonds is 8. The highest BCUT2D eigenvalue weighted by atomic mass is 16.5. The van der Waals surface area contributed by atoms with E-state index in [0.717, 1.165) is 51.3 Å². The van der Waals surface area contributed by atoms with Crippen LogP contribution in [0.2, 0.25) is 0 Å². The molecule has 0 amide bonds. The average molecular weight is 499 g/mol. The molecule has 2 heterocycles. The van der Waals surface area contributed by atoms with Crippen LogP contribution in [0.1, 0.15) is 71.7 Å². The van der Waals surface area contributed by atoms with Gasteiger partial charge in [-0.05, 0) is 87.4 Å². The molecule has 4 heteroatoms. The quantitative estimate of drug-likeness (QED) is 0.377. The summed E-state index contributed by atoms with van der Waals surface area (Å²) >= 11 is 0. The van der Waals surface area contributed by atoms with Gasteiger partial charge in [-0.15, -0.1) is 0 Å². The zero-order chi connectivity index (χ0) is 26.0. The Morgan fingerprint density at radius 3 is 2.14 bits per heavy atom. The molecule has 2 atom stereocenters. The van der Waals surface area contributed by atoms with E-state index in [1.165, 1.54) is 33.4 Å². The predicted molar refractivity (Wildman–Crippen MR) is 151 cm³/mol. The van der Waals surface area contributed by atoms with Crippen molar-refractivity contribution in [2.24, 2.45) is 11.7 Å². The summed E-state index contributed by atoms with van der Waals surface area (Å²) in [6, 6.07) is 23.3. The molecule has 2 unspecified atom stereocenters. The molecule has 1 saturated heterocycles. The molecule has 4 nitrogen and oxygen atoms in total. The zero-order valence-corrected chi connectivity index (χ0v) is 22.9.